The Hall–Kier alpha value is -0.250. The van der Waals surface area contributed by atoms with E-state index in [1.165, 1.54) is 0 Å². The monoisotopic (exact) mass is 198 g/mol. The highest BCUT2D eigenvalue weighted by Gasteiger charge is 2.33. The fourth-order valence-electron chi connectivity index (χ4n) is 1.32. The second-order valence-corrected chi connectivity index (χ2v) is 3.44. The first kappa shape index (κ1) is 12.8. The zero-order chi connectivity index (χ0) is 10.5. The quantitative estimate of drug-likeness (QED) is 0.718. The van der Waals surface area contributed by atoms with Gasteiger partial charge < -0.3 is 5.11 Å². The molecular weight excluding hydrogens is 181 g/mol. The molecule has 0 aromatic rings. The van der Waals surface area contributed by atoms with Gasteiger partial charge in [0.2, 0.25) is 0 Å². The minimum Gasteiger partial charge on any atom is -0.390 e. The number of halogens is 3. The summed E-state index contributed by atoms with van der Waals surface area (Å²) in [5, 5.41) is 9.68. The van der Waals surface area contributed by atoms with E-state index in [2.05, 4.69) is 0 Å². The second-order valence-electron chi connectivity index (χ2n) is 3.44. The van der Waals surface area contributed by atoms with Crippen LogP contribution in [0.4, 0.5) is 13.2 Å². The lowest BCUT2D eigenvalue weighted by molar-refractivity contribution is -0.147. The number of rotatable bonds is 5. The predicted octanol–water partition coefficient (Wildman–Crippen LogP) is 3.27. The van der Waals surface area contributed by atoms with Crippen molar-refractivity contribution < 1.29 is 18.3 Å². The average molecular weight is 198 g/mol. The zero-order valence-electron chi connectivity index (χ0n) is 8.12. The molecule has 4 heteroatoms. The van der Waals surface area contributed by atoms with Gasteiger partial charge in [-0.3, -0.25) is 0 Å². The largest absolute Gasteiger partial charge is 0.390 e. The molecule has 0 spiro atoms. The smallest absolute Gasteiger partial charge is 0.389 e. The Morgan fingerprint density at radius 1 is 1.00 bits per heavy atom. The van der Waals surface area contributed by atoms with Crippen LogP contribution in [0, 0.1) is 0 Å². The second kappa shape index (κ2) is 4.84. The van der Waals surface area contributed by atoms with Gasteiger partial charge in [-0.05, 0) is 19.3 Å². The van der Waals surface area contributed by atoms with E-state index < -0.39 is 18.2 Å². The fraction of sp³-hybridized carbons (Fsp3) is 1.00. The third-order valence-electron chi connectivity index (χ3n) is 2.25. The molecule has 0 aliphatic rings. The lowest BCUT2D eigenvalue weighted by Crippen LogP contribution is -2.29. The molecule has 0 fully saturated rings. The van der Waals surface area contributed by atoms with Gasteiger partial charge in [0.15, 0.2) is 0 Å². The summed E-state index contributed by atoms with van der Waals surface area (Å²) in [6.07, 6.45) is -3.69. The molecule has 0 aliphatic carbocycles. The lowest BCUT2D eigenvalue weighted by Gasteiger charge is -2.26. The minimum atomic E-state index is -4.16. The van der Waals surface area contributed by atoms with Crippen molar-refractivity contribution in [1.82, 2.24) is 0 Å². The van der Waals surface area contributed by atoms with Crippen molar-refractivity contribution in [1.29, 1.82) is 0 Å². The highest BCUT2D eigenvalue weighted by molar-refractivity contribution is 4.77. The third kappa shape index (κ3) is 5.91. The standard InChI is InChI=1S/C9H17F3O/c1-3-5-8(13,4-2)6-7-9(10,11)12/h13H,3-7H2,1-2H3. The molecule has 1 N–H and O–H groups in total. The van der Waals surface area contributed by atoms with Crippen LogP contribution in [0.25, 0.3) is 0 Å². The average Bonchev–Trinajstić information content (AvgIpc) is 2.01. The molecule has 1 nitrogen and oxygen atoms in total. The Bertz CT molecular complexity index is 144. The summed E-state index contributed by atoms with van der Waals surface area (Å²) in [7, 11) is 0. The van der Waals surface area contributed by atoms with Gasteiger partial charge in [0.25, 0.3) is 0 Å². The molecule has 0 bridgehead atoms. The summed E-state index contributed by atoms with van der Waals surface area (Å²) in [6.45, 7) is 3.57. The SMILES string of the molecule is CCCC(O)(CC)CCC(F)(F)F. The molecule has 0 saturated carbocycles. The van der Waals surface area contributed by atoms with E-state index in [0.29, 0.717) is 19.3 Å². The number of hydrogen-bond acceptors (Lipinski definition) is 1. The van der Waals surface area contributed by atoms with Crippen LogP contribution in [0.5, 0.6) is 0 Å². The molecular formula is C9H17F3O. The molecule has 0 saturated heterocycles. The first-order valence-electron chi connectivity index (χ1n) is 4.62. The summed E-state index contributed by atoms with van der Waals surface area (Å²) in [5.74, 6) is 0. The van der Waals surface area contributed by atoms with Gasteiger partial charge in [-0.15, -0.1) is 0 Å². The van der Waals surface area contributed by atoms with Crippen LogP contribution < -0.4 is 0 Å². The van der Waals surface area contributed by atoms with Crippen LogP contribution in [0.2, 0.25) is 0 Å². The summed E-state index contributed by atoms with van der Waals surface area (Å²) < 4.78 is 35.6. The molecule has 1 atom stereocenters. The Morgan fingerprint density at radius 2 is 1.54 bits per heavy atom. The van der Waals surface area contributed by atoms with Gasteiger partial charge >= 0.3 is 6.18 Å². The lowest BCUT2D eigenvalue weighted by atomic mass is 9.90. The van der Waals surface area contributed by atoms with Crippen LogP contribution in [0.1, 0.15) is 46.0 Å². The number of alkyl halides is 3. The summed E-state index contributed by atoms with van der Waals surface area (Å²) >= 11 is 0. The predicted molar refractivity (Wildman–Crippen MR) is 45.4 cm³/mol. The molecule has 0 aromatic heterocycles. The minimum absolute atomic E-state index is 0.180. The maximum absolute atomic E-state index is 11.9. The number of hydrogen-bond donors (Lipinski definition) is 1. The van der Waals surface area contributed by atoms with Crippen molar-refractivity contribution in [3.8, 4) is 0 Å². The molecule has 13 heavy (non-hydrogen) atoms. The van der Waals surface area contributed by atoms with Crippen LogP contribution in [-0.4, -0.2) is 16.9 Å². The topological polar surface area (TPSA) is 20.2 Å². The van der Waals surface area contributed by atoms with Crippen molar-refractivity contribution >= 4 is 0 Å². The van der Waals surface area contributed by atoms with Gasteiger partial charge in [0, 0.05) is 6.42 Å². The molecule has 0 aliphatic heterocycles. The van der Waals surface area contributed by atoms with Crippen molar-refractivity contribution in [2.45, 2.75) is 57.7 Å². The molecule has 0 rings (SSSR count). The van der Waals surface area contributed by atoms with Crippen molar-refractivity contribution in [3.63, 3.8) is 0 Å². The highest BCUT2D eigenvalue weighted by Crippen LogP contribution is 2.30. The van der Waals surface area contributed by atoms with Gasteiger partial charge in [-0.1, -0.05) is 20.3 Å². The first-order chi connectivity index (χ1) is 5.83. The zero-order valence-corrected chi connectivity index (χ0v) is 8.12. The van der Waals surface area contributed by atoms with Gasteiger partial charge in [-0.2, -0.15) is 13.2 Å². The van der Waals surface area contributed by atoms with Crippen LogP contribution in [0.3, 0.4) is 0 Å². The van der Waals surface area contributed by atoms with E-state index in [1.54, 1.807) is 6.92 Å². The van der Waals surface area contributed by atoms with Gasteiger partial charge in [0.05, 0.1) is 5.60 Å². The molecule has 80 valence electrons. The summed E-state index contributed by atoms with van der Waals surface area (Å²) in [4.78, 5) is 0. The Kier molecular flexibility index (Phi) is 4.75. The Labute approximate surface area is 76.9 Å². The van der Waals surface area contributed by atoms with Crippen molar-refractivity contribution in [3.05, 3.63) is 0 Å². The Balaban J connectivity index is 3.97. The van der Waals surface area contributed by atoms with E-state index in [-0.39, 0.29) is 6.42 Å². The maximum Gasteiger partial charge on any atom is 0.389 e. The van der Waals surface area contributed by atoms with Crippen molar-refractivity contribution in [2.24, 2.45) is 0 Å². The Morgan fingerprint density at radius 3 is 1.85 bits per heavy atom. The molecule has 0 amide bonds. The van der Waals surface area contributed by atoms with E-state index >= 15 is 0 Å². The van der Waals surface area contributed by atoms with Crippen molar-refractivity contribution in [2.75, 3.05) is 0 Å². The maximum atomic E-state index is 11.9. The number of aliphatic hydroxyl groups is 1. The van der Waals surface area contributed by atoms with E-state index in [9.17, 15) is 18.3 Å². The first-order valence-corrected chi connectivity index (χ1v) is 4.62. The van der Waals surface area contributed by atoms with Crippen LogP contribution in [0.15, 0.2) is 0 Å². The molecule has 0 heterocycles. The van der Waals surface area contributed by atoms with Crippen LogP contribution >= 0.6 is 0 Å². The summed E-state index contributed by atoms with van der Waals surface area (Å²) in [6, 6.07) is 0. The fourth-order valence-corrected chi connectivity index (χ4v) is 1.32. The molecule has 1 unspecified atom stereocenters. The molecule has 0 aromatic carbocycles. The van der Waals surface area contributed by atoms with E-state index in [0.717, 1.165) is 0 Å². The third-order valence-corrected chi connectivity index (χ3v) is 2.25. The van der Waals surface area contributed by atoms with Crippen LogP contribution in [-0.2, 0) is 0 Å². The normalized spacial score (nSPS) is 17.1. The highest BCUT2D eigenvalue weighted by atomic mass is 19.4. The van der Waals surface area contributed by atoms with Gasteiger partial charge in [0.1, 0.15) is 0 Å². The molecule has 0 radical (unpaired) electrons. The van der Waals surface area contributed by atoms with E-state index in [1.807, 2.05) is 6.92 Å². The summed E-state index contributed by atoms with van der Waals surface area (Å²) in [5.41, 5.74) is -1.12. The van der Waals surface area contributed by atoms with E-state index in [4.69, 9.17) is 0 Å². The van der Waals surface area contributed by atoms with Gasteiger partial charge in [-0.25, -0.2) is 0 Å².